The molecule has 0 radical (unpaired) electrons. The molecule has 1 aliphatic rings. The molecular formula is C18H29ClN2. The van der Waals surface area contributed by atoms with E-state index in [1.165, 1.54) is 37.1 Å². The van der Waals surface area contributed by atoms with Gasteiger partial charge in [-0.1, -0.05) is 38.4 Å². The first-order valence-electron chi connectivity index (χ1n) is 8.33. The zero-order valence-corrected chi connectivity index (χ0v) is 14.6. The summed E-state index contributed by atoms with van der Waals surface area (Å²) in [5, 5.41) is 4.31. The summed E-state index contributed by atoms with van der Waals surface area (Å²) in [7, 11) is 0. The van der Waals surface area contributed by atoms with Crippen molar-refractivity contribution in [3.8, 4) is 0 Å². The quantitative estimate of drug-likeness (QED) is 0.793. The third kappa shape index (κ3) is 3.54. The normalized spacial score (nSPS) is 19.0. The third-order valence-corrected chi connectivity index (χ3v) is 5.59. The minimum Gasteiger partial charge on any atom is -0.371 e. The standard InChI is InChI=1S/C18H29ClN2/c1-5-18(6-2)10-11-21(13-18)15-8-9-16(17(19)12-15)14(4)20-7-3/h8-9,12,14,20H,5-7,10-11,13H2,1-4H3. The first-order chi connectivity index (χ1) is 10.0. The van der Waals surface area contributed by atoms with Crippen LogP contribution in [-0.4, -0.2) is 19.6 Å². The summed E-state index contributed by atoms with van der Waals surface area (Å²) in [6.45, 7) is 12.2. The van der Waals surface area contributed by atoms with Gasteiger partial charge in [-0.2, -0.15) is 0 Å². The highest BCUT2D eigenvalue weighted by molar-refractivity contribution is 6.31. The van der Waals surface area contributed by atoms with E-state index in [1.54, 1.807) is 0 Å². The van der Waals surface area contributed by atoms with Gasteiger partial charge in [0, 0.05) is 29.8 Å². The van der Waals surface area contributed by atoms with Crippen LogP contribution in [0.1, 0.15) is 58.6 Å². The Hall–Kier alpha value is -0.730. The third-order valence-electron chi connectivity index (χ3n) is 5.26. The summed E-state index contributed by atoms with van der Waals surface area (Å²) in [6.07, 6.45) is 3.83. The topological polar surface area (TPSA) is 15.3 Å². The molecule has 0 amide bonds. The van der Waals surface area contributed by atoms with Crippen LogP contribution in [-0.2, 0) is 0 Å². The van der Waals surface area contributed by atoms with Gasteiger partial charge in [0.25, 0.3) is 0 Å². The van der Waals surface area contributed by atoms with E-state index in [0.29, 0.717) is 11.5 Å². The highest BCUT2D eigenvalue weighted by Gasteiger charge is 2.35. The van der Waals surface area contributed by atoms with Crippen molar-refractivity contribution in [2.75, 3.05) is 24.5 Å². The van der Waals surface area contributed by atoms with Crippen LogP contribution >= 0.6 is 11.6 Å². The molecule has 1 atom stereocenters. The Kier molecular flexibility index (Phi) is 5.56. The molecule has 1 aliphatic heterocycles. The Bertz CT molecular complexity index is 468. The summed E-state index contributed by atoms with van der Waals surface area (Å²) >= 11 is 6.51. The number of hydrogen-bond donors (Lipinski definition) is 1. The molecule has 21 heavy (non-hydrogen) atoms. The number of benzene rings is 1. The zero-order chi connectivity index (χ0) is 15.5. The molecule has 1 saturated heterocycles. The van der Waals surface area contributed by atoms with Crippen molar-refractivity contribution in [2.45, 2.75) is 53.0 Å². The van der Waals surface area contributed by atoms with Crippen molar-refractivity contribution < 1.29 is 0 Å². The van der Waals surface area contributed by atoms with Gasteiger partial charge in [-0.05, 0) is 55.8 Å². The molecule has 1 N–H and O–H groups in total. The van der Waals surface area contributed by atoms with E-state index in [1.807, 2.05) is 0 Å². The van der Waals surface area contributed by atoms with Gasteiger partial charge in [0.1, 0.15) is 0 Å². The van der Waals surface area contributed by atoms with Crippen LogP contribution in [0, 0.1) is 5.41 Å². The number of hydrogen-bond acceptors (Lipinski definition) is 2. The summed E-state index contributed by atoms with van der Waals surface area (Å²) in [6, 6.07) is 6.87. The van der Waals surface area contributed by atoms with Gasteiger partial charge in [0.15, 0.2) is 0 Å². The summed E-state index contributed by atoms with van der Waals surface area (Å²) in [4.78, 5) is 2.50. The van der Waals surface area contributed by atoms with Crippen LogP contribution in [0.3, 0.4) is 0 Å². The second kappa shape index (κ2) is 7.02. The van der Waals surface area contributed by atoms with E-state index in [9.17, 15) is 0 Å². The average Bonchev–Trinajstić information content (AvgIpc) is 2.92. The smallest absolute Gasteiger partial charge is 0.0474 e. The number of anilines is 1. The molecule has 2 nitrogen and oxygen atoms in total. The van der Waals surface area contributed by atoms with Crippen LogP contribution in [0.15, 0.2) is 18.2 Å². The fourth-order valence-corrected chi connectivity index (χ4v) is 3.80. The Balaban J connectivity index is 2.14. The lowest BCUT2D eigenvalue weighted by Crippen LogP contribution is -2.26. The number of nitrogens with zero attached hydrogens (tertiary/aromatic N) is 1. The maximum atomic E-state index is 6.51. The molecule has 118 valence electrons. The number of nitrogens with one attached hydrogen (secondary N) is 1. The molecular weight excluding hydrogens is 280 g/mol. The highest BCUT2D eigenvalue weighted by Crippen LogP contribution is 2.40. The second-order valence-electron chi connectivity index (χ2n) is 6.36. The summed E-state index contributed by atoms with van der Waals surface area (Å²) in [5.74, 6) is 0. The Morgan fingerprint density at radius 2 is 2.00 bits per heavy atom. The van der Waals surface area contributed by atoms with Gasteiger partial charge >= 0.3 is 0 Å². The molecule has 1 fully saturated rings. The lowest BCUT2D eigenvalue weighted by atomic mass is 9.82. The van der Waals surface area contributed by atoms with Gasteiger partial charge in [-0.3, -0.25) is 0 Å². The largest absolute Gasteiger partial charge is 0.371 e. The fourth-order valence-electron chi connectivity index (χ4n) is 3.46. The van der Waals surface area contributed by atoms with Crippen LogP contribution in [0.5, 0.6) is 0 Å². The van der Waals surface area contributed by atoms with E-state index >= 15 is 0 Å². The predicted octanol–water partition coefficient (Wildman–Crippen LogP) is 5.03. The summed E-state index contributed by atoms with van der Waals surface area (Å²) < 4.78 is 0. The molecule has 0 bridgehead atoms. The molecule has 1 aromatic carbocycles. The van der Waals surface area contributed by atoms with Crippen LogP contribution in [0.25, 0.3) is 0 Å². The van der Waals surface area contributed by atoms with Crippen molar-refractivity contribution in [3.63, 3.8) is 0 Å². The van der Waals surface area contributed by atoms with E-state index in [4.69, 9.17) is 11.6 Å². The highest BCUT2D eigenvalue weighted by atomic mass is 35.5. The maximum Gasteiger partial charge on any atom is 0.0474 e. The fraction of sp³-hybridized carbons (Fsp3) is 0.667. The summed E-state index contributed by atoms with van der Waals surface area (Å²) in [5.41, 5.74) is 2.97. The molecule has 0 aliphatic carbocycles. The Morgan fingerprint density at radius 1 is 1.29 bits per heavy atom. The molecule has 3 heteroatoms. The van der Waals surface area contributed by atoms with E-state index < -0.39 is 0 Å². The Morgan fingerprint density at radius 3 is 2.52 bits per heavy atom. The lowest BCUT2D eigenvalue weighted by molar-refractivity contribution is 0.301. The van der Waals surface area contributed by atoms with Crippen molar-refractivity contribution in [2.24, 2.45) is 5.41 Å². The predicted molar refractivity (Wildman–Crippen MR) is 93.4 cm³/mol. The monoisotopic (exact) mass is 308 g/mol. The molecule has 0 aromatic heterocycles. The van der Waals surface area contributed by atoms with Crippen LogP contribution < -0.4 is 10.2 Å². The van der Waals surface area contributed by atoms with Crippen molar-refractivity contribution >= 4 is 17.3 Å². The van der Waals surface area contributed by atoms with E-state index in [0.717, 1.165) is 18.1 Å². The molecule has 1 aromatic rings. The van der Waals surface area contributed by atoms with Gasteiger partial charge in [-0.15, -0.1) is 0 Å². The lowest BCUT2D eigenvalue weighted by Gasteiger charge is -2.27. The molecule has 2 rings (SSSR count). The molecule has 0 spiro atoms. The van der Waals surface area contributed by atoms with Gasteiger partial charge in [-0.25, -0.2) is 0 Å². The Labute approximate surface area is 134 Å². The zero-order valence-electron chi connectivity index (χ0n) is 13.9. The van der Waals surface area contributed by atoms with Crippen molar-refractivity contribution in [1.82, 2.24) is 5.32 Å². The molecule has 1 heterocycles. The minimum atomic E-state index is 0.306. The van der Waals surface area contributed by atoms with Crippen molar-refractivity contribution in [1.29, 1.82) is 0 Å². The SMILES string of the molecule is CCNC(C)c1ccc(N2CCC(CC)(CC)C2)cc1Cl. The van der Waals surface area contributed by atoms with Crippen LogP contribution in [0.4, 0.5) is 5.69 Å². The average molecular weight is 309 g/mol. The van der Waals surface area contributed by atoms with E-state index in [-0.39, 0.29) is 0 Å². The first-order valence-corrected chi connectivity index (χ1v) is 8.70. The number of rotatable bonds is 6. The van der Waals surface area contributed by atoms with Gasteiger partial charge < -0.3 is 10.2 Å². The maximum absolute atomic E-state index is 6.51. The van der Waals surface area contributed by atoms with Gasteiger partial charge in [0.2, 0.25) is 0 Å². The first kappa shape index (κ1) is 16.6. The molecule has 1 unspecified atom stereocenters. The minimum absolute atomic E-state index is 0.306. The number of halogens is 1. The van der Waals surface area contributed by atoms with E-state index in [2.05, 4.69) is 56.1 Å². The van der Waals surface area contributed by atoms with Gasteiger partial charge in [0.05, 0.1) is 0 Å². The molecule has 0 saturated carbocycles. The second-order valence-corrected chi connectivity index (χ2v) is 6.77. The van der Waals surface area contributed by atoms with Crippen molar-refractivity contribution in [3.05, 3.63) is 28.8 Å². The van der Waals surface area contributed by atoms with Crippen LogP contribution in [0.2, 0.25) is 5.02 Å².